The van der Waals surface area contributed by atoms with Crippen molar-refractivity contribution in [3.05, 3.63) is 22.7 Å². The van der Waals surface area contributed by atoms with E-state index in [1.807, 2.05) is 6.92 Å². The number of ketones is 1. The van der Waals surface area contributed by atoms with Gasteiger partial charge >= 0.3 is 6.09 Å². The third-order valence-corrected chi connectivity index (χ3v) is 9.24. The fraction of sp³-hybridized carbons (Fsp3) is 0.657. The molecule has 1 spiro atoms. The van der Waals surface area contributed by atoms with Gasteiger partial charge in [0.1, 0.15) is 29.2 Å². The molecule has 2 saturated heterocycles. The van der Waals surface area contributed by atoms with Gasteiger partial charge < -0.3 is 39.5 Å². The molecule has 2 fully saturated rings. The van der Waals surface area contributed by atoms with Gasteiger partial charge in [0.2, 0.25) is 17.6 Å². The lowest BCUT2D eigenvalue weighted by Gasteiger charge is -2.36. The van der Waals surface area contributed by atoms with Crippen molar-refractivity contribution >= 4 is 46.9 Å². The second-order valence-corrected chi connectivity index (χ2v) is 15.6. The van der Waals surface area contributed by atoms with Gasteiger partial charge in [0.25, 0.3) is 5.91 Å². The van der Waals surface area contributed by atoms with E-state index in [1.54, 1.807) is 53.7 Å². The average molecular weight is 720 g/mol. The first-order chi connectivity index (χ1) is 23.3. The Morgan fingerprint density at radius 2 is 1.70 bits per heavy atom. The monoisotopic (exact) mass is 719 g/mol. The lowest BCUT2D eigenvalue weighted by Crippen LogP contribution is -2.59. The number of halogens is 1. The molecule has 4 rings (SSSR count). The van der Waals surface area contributed by atoms with Crippen LogP contribution in [0.1, 0.15) is 86.1 Å². The number of methoxy groups -OCH3 is 2. The Kier molecular flexibility index (Phi) is 11.6. The quantitative estimate of drug-likeness (QED) is 0.323. The van der Waals surface area contributed by atoms with Crippen LogP contribution in [0.3, 0.4) is 0 Å². The third-order valence-electron chi connectivity index (χ3n) is 8.95. The number of ether oxygens (including phenoxy) is 3. The van der Waals surface area contributed by atoms with E-state index < -0.39 is 64.3 Å². The number of Topliss-reactive ketones (excluding diaryl/α,β-unsaturated/α-hetero) is 1. The molecule has 0 bridgehead atoms. The zero-order chi connectivity index (χ0) is 37.2. The molecule has 2 N–H and O–H groups in total. The van der Waals surface area contributed by atoms with Gasteiger partial charge in [-0.3, -0.25) is 19.2 Å². The number of nitrogens with one attached hydrogen (secondary N) is 2. The fourth-order valence-corrected chi connectivity index (χ4v) is 6.49. The molecule has 4 amide bonds. The second-order valence-electron chi connectivity index (χ2n) is 15.2. The number of nitrogens with zero attached hydrogens (tertiary/aromatic N) is 3. The topological polar surface area (TPSA) is 165 Å². The van der Waals surface area contributed by atoms with Crippen molar-refractivity contribution in [2.75, 3.05) is 33.9 Å². The zero-order valence-electron chi connectivity index (χ0n) is 30.4. The number of hydrogen-bond acceptors (Lipinski definition) is 10. The molecule has 0 saturated carbocycles. The SMILES string of the molecule is CCC[C@@H](NC(=O)[C@H]1C[C@]2(CC(c3cc(Cl)c(OC)cc3OC)=NO2)CN1C(=O)[C@@H](NC(=O)OC(C)(C)C)C(C)(C)C)C(=O)C(=O)N1CCC1. The highest BCUT2D eigenvalue weighted by Gasteiger charge is 2.56. The number of carbonyl (C=O) groups is 5. The first-order valence-electron chi connectivity index (χ1n) is 16.9. The molecule has 0 radical (unpaired) electrons. The summed E-state index contributed by atoms with van der Waals surface area (Å²) in [6.07, 6.45) is 0.993. The smallest absolute Gasteiger partial charge is 0.408 e. The zero-order valence-corrected chi connectivity index (χ0v) is 31.2. The van der Waals surface area contributed by atoms with Crippen LogP contribution in [0.4, 0.5) is 4.79 Å². The summed E-state index contributed by atoms with van der Waals surface area (Å²) >= 11 is 6.45. The van der Waals surface area contributed by atoms with Gasteiger partial charge in [-0.15, -0.1) is 0 Å². The number of rotatable bonds is 11. The summed E-state index contributed by atoms with van der Waals surface area (Å²) in [6, 6.07) is -0.0245. The molecule has 50 heavy (non-hydrogen) atoms. The first kappa shape index (κ1) is 38.7. The summed E-state index contributed by atoms with van der Waals surface area (Å²) in [7, 11) is 2.99. The Balaban J connectivity index is 1.67. The van der Waals surface area contributed by atoms with Crippen molar-refractivity contribution in [3.63, 3.8) is 0 Å². The van der Waals surface area contributed by atoms with Crippen LogP contribution in [0.5, 0.6) is 11.5 Å². The maximum Gasteiger partial charge on any atom is 0.408 e. The van der Waals surface area contributed by atoms with Crippen molar-refractivity contribution in [1.29, 1.82) is 0 Å². The minimum atomic E-state index is -1.14. The van der Waals surface area contributed by atoms with Crippen molar-refractivity contribution < 1.29 is 43.0 Å². The molecule has 14 nitrogen and oxygen atoms in total. The van der Waals surface area contributed by atoms with Gasteiger partial charge in [0, 0.05) is 37.6 Å². The predicted molar refractivity (Wildman–Crippen MR) is 185 cm³/mol. The van der Waals surface area contributed by atoms with E-state index in [4.69, 9.17) is 30.6 Å². The summed E-state index contributed by atoms with van der Waals surface area (Å²) in [5.74, 6) is -1.65. The van der Waals surface area contributed by atoms with Crippen LogP contribution >= 0.6 is 11.6 Å². The van der Waals surface area contributed by atoms with E-state index in [-0.39, 0.29) is 25.8 Å². The molecule has 3 aliphatic heterocycles. The molecule has 0 unspecified atom stereocenters. The summed E-state index contributed by atoms with van der Waals surface area (Å²) in [5.41, 5.74) is -1.73. The normalized spacial score (nSPS) is 21.4. The molecule has 276 valence electrons. The van der Waals surface area contributed by atoms with Crippen LogP contribution < -0.4 is 20.1 Å². The lowest BCUT2D eigenvalue weighted by molar-refractivity contribution is -0.149. The Hall–Kier alpha value is -4.07. The molecule has 1 aromatic carbocycles. The fourth-order valence-electron chi connectivity index (χ4n) is 6.25. The lowest BCUT2D eigenvalue weighted by atomic mass is 9.85. The van der Waals surface area contributed by atoms with E-state index in [2.05, 4.69) is 15.8 Å². The summed E-state index contributed by atoms with van der Waals surface area (Å²) in [5, 5.41) is 10.2. The minimum absolute atomic E-state index is 0.0141. The highest BCUT2D eigenvalue weighted by atomic mass is 35.5. The van der Waals surface area contributed by atoms with Crippen molar-refractivity contribution in [2.24, 2.45) is 10.6 Å². The molecule has 0 aromatic heterocycles. The molecular weight excluding hydrogens is 670 g/mol. The molecule has 3 aliphatic rings. The highest BCUT2D eigenvalue weighted by molar-refractivity contribution is 6.38. The Labute approximate surface area is 298 Å². The molecule has 4 atom stereocenters. The van der Waals surface area contributed by atoms with Crippen LogP contribution in [-0.2, 0) is 28.8 Å². The van der Waals surface area contributed by atoms with E-state index >= 15 is 0 Å². The van der Waals surface area contributed by atoms with Crippen LogP contribution in [0, 0.1) is 5.41 Å². The van der Waals surface area contributed by atoms with E-state index in [9.17, 15) is 24.0 Å². The summed E-state index contributed by atoms with van der Waals surface area (Å²) in [6.45, 7) is 13.3. The Morgan fingerprint density at radius 1 is 1.04 bits per heavy atom. The number of likely N-dealkylation sites (tertiary alicyclic amines) is 2. The van der Waals surface area contributed by atoms with Crippen LogP contribution in [0.25, 0.3) is 0 Å². The van der Waals surface area contributed by atoms with Crippen molar-refractivity contribution in [1.82, 2.24) is 20.4 Å². The van der Waals surface area contributed by atoms with Crippen LogP contribution in [0.2, 0.25) is 5.02 Å². The number of amides is 4. The van der Waals surface area contributed by atoms with Gasteiger partial charge in [0.15, 0.2) is 5.60 Å². The van der Waals surface area contributed by atoms with E-state index in [0.717, 1.165) is 6.42 Å². The molecule has 0 aliphatic carbocycles. The average Bonchev–Trinajstić information content (AvgIpc) is 3.59. The molecule has 3 heterocycles. The second kappa shape index (κ2) is 15.0. The standard InChI is InChI=1S/C35H50ClN5O9/c1-10-12-22(27(42)30(44)40-13-11-14-40)37-29(43)24-18-35(17-23(39-50-35)20-15-21(36)26(48-9)16-25(20)47-8)19-41(24)31(45)28(33(2,3)4)38-32(46)49-34(5,6)7/h15-16,22,24,28H,10-14,17-19H2,1-9H3,(H,37,43)(H,38,46)/t22-,24-,28-,35-/m1/s1. The molecule has 15 heteroatoms. The van der Waals surface area contributed by atoms with Gasteiger partial charge in [-0.05, 0) is 45.1 Å². The minimum Gasteiger partial charge on any atom is -0.496 e. The predicted octanol–water partition coefficient (Wildman–Crippen LogP) is 3.85. The summed E-state index contributed by atoms with van der Waals surface area (Å²) in [4.78, 5) is 76.6. The number of hydrogen-bond donors (Lipinski definition) is 2. The number of benzene rings is 1. The van der Waals surface area contributed by atoms with E-state index in [0.29, 0.717) is 47.3 Å². The highest BCUT2D eigenvalue weighted by Crippen LogP contribution is 2.42. The van der Waals surface area contributed by atoms with Crippen molar-refractivity contribution in [2.45, 2.75) is 110 Å². The van der Waals surface area contributed by atoms with Crippen LogP contribution in [0.15, 0.2) is 17.3 Å². The maximum atomic E-state index is 14.5. The van der Waals surface area contributed by atoms with Gasteiger partial charge in [-0.25, -0.2) is 4.79 Å². The Morgan fingerprint density at radius 3 is 2.24 bits per heavy atom. The molecule has 1 aromatic rings. The van der Waals surface area contributed by atoms with Gasteiger partial charge in [0.05, 0.1) is 37.5 Å². The number of oxime groups is 1. The third kappa shape index (κ3) is 8.62. The molecular formula is C35H50ClN5O9. The van der Waals surface area contributed by atoms with E-state index in [1.165, 1.54) is 24.0 Å². The number of carbonyl (C=O) groups excluding carboxylic acids is 5. The Bertz CT molecular complexity index is 1530. The van der Waals surface area contributed by atoms with Gasteiger partial charge in [-0.1, -0.05) is 50.9 Å². The van der Waals surface area contributed by atoms with Crippen LogP contribution in [-0.4, -0.2) is 108 Å². The maximum absolute atomic E-state index is 14.5. The number of alkyl carbamates (subject to hydrolysis) is 1. The first-order valence-corrected chi connectivity index (χ1v) is 17.3. The largest absolute Gasteiger partial charge is 0.496 e. The van der Waals surface area contributed by atoms with Gasteiger partial charge in [-0.2, -0.15) is 0 Å². The summed E-state index contributed by atoms with van der Waals surface area (Å²) < 4.78 is 16.4. The van der Waals surface area contributed by atoms with Crippen molar-refractivity contribution in [3.8, 4) is 11.5 Å².